The Hall–Kier alpha value is -2.10. The lowest BCUT2D eigenvalue weighted by Gasteiger charge is -2.18. The van der Waals surface area contributed by atoms with Gasteiger partial charge in [0.1, 0.15) is 0 Å². The molecule has 1 aromatic heterocycles. The SMILES string of the molecule is Cc1nn(C)c(C)c1C(=O)NC1(c2ccccc2)CC1. The van der Waals surface area contributed by atoms with Crippen molar-refractivity contribution in [2.45, 2.75) is 32.2 Å². The highest BCUT2D eigenvalue weighted by Crippen LogP contribution is 2.45. The zero-order valence-electron chi connectivity index (χ0n) is 12.1. The Morgan fingerprint density at radius 1 is 1.25 bits per heavy atom. The summed E-state index contributed by atoms with van der Waals surface area (Å²) in [4.78, 5) is 12.6. The van der Waals surface area contributed by atoms with Crippen molar-refractivity contribution < 1.29 is 4.79 Å². The molecular weight excluding hydrogens is 250 g/mol. The van der Waals surface area contributed by atoms with Gasteiger partial charge in [0.05, 0.1) is 16.8 Å². The minimum atomic E-state index is -0.174. The first-order valence-electron chi connectivity index (χ1n) is 6.92. The van der Waals surface area contributed by atoms with Crippen molar-refractivity contribution in [3.05, 3.63) is 52.8 Å². The molecule has 0 aliphatic heterocycles. The standard InChI is InChI=1S/C16H19N3O/c1-11-14(12(2)19(3)18-11)15(20)17-16(9-10-16)13-7-5-4-6-8-13/h4-8H,9-10H2,1-3H3,(H,17,20). The number of carbonyl (C=O) groups is 1. The molecule has 0 saturated heterocycles. The molecule has 0 spiro atoms. The highest BCUT2D eigenvalue weighted by Gasteiger charge is 2.46. The molecule has 4 nitrogen and oxygen atoms in total. The van der Waals surface area contributed by atoms with Gasteiger partial charge in [-0.25, -0.2) is 0 Å². The molecule has 0 unspecified atom stereocenters. The largest absolute Gasteiger partial charge is 0.342 e. The second kappa shape index (κ2) is 4.47. The number of nitrogens with zero attached hydrogens (tertiary/aromatic N) is 2. The molecular formula is C16H19N3O. The van der Waals surface area contributed by atoms with Crippen molar-refractivity contribution in [3.63, 3.8) is 0 Å². The summed E-state index contributed by atoms with van der Waals surface area (Å²) in [5.41, 5.74) is 3.41. The van der Waals surface area contributed by atoms with Gasteiger partial charge in [0.15, 0.2) is 0 Å². The van der Waals surface area contributed by atoms with Crippen molar-refractivity contribution in [2.75, 3.05) is 0 Å². The number of rotatable bonds is 3. The van der Waals surface area contributed by atoms with Gasteiger partial charge in [-0.15, -0.1) is 0 Å². The average Bonchev–Trinajstić information content (AvgIpc) is 3.15. The Kier molecular flexibility index (Phi) is 2.89. The van der Waals surface area contributed by atoms with Crippen LogP contribution in [0.1, 0.15) is 40.2 Å². The van der Waals surface area contributed by atoms with Gasteiger partial charge in [0.2, 0.25) is 0 Å². The Morgan fingerprint density at radius 2 is 1.90 bits per heavy atom. The molecule has 1 aromatic carbocycles. The van der Waals surface area contributed by atoms with Crippen molar-refractivity contribution in [3.8, 4) is 0 Å². The maximum Gasteiger partial charge on any atom is 0.255 e. The Morgan fingerprint density at radius 3 is 2.40 bits per heavy atom. The minimum absolute atomic E-state index is 0.0190. The molecule has 1 fully saturated rings. The number of hydrogen-bond acceptors (Lipinski definition) is 2. The monoisotopic (exact) mass is 269 g/mol. The van der Waals surface area contributed by atoms with E-state index in [4.69, 9.17) is 0 Å². The topological polar surface area (TPSA) is 46.9 Å². The van der Waals surface area contributed by atoms with Gasteiger partial charge in [-0.2, -0.15) is 5.10 Å². The molecule has 1 N–H and O–H groups in total. The lowest BCUT2D eigenvalue weighted by molar-refractivity contribution is 0.0929. The van der Waals surface area contributed by atoms with Crippen LogP contribution in [-0.4, -0.2) is 15.7 Å². The van der Waals surface area contributed by atoms with Crippen LogP contribution in [0, 0.1) is 13.8 Å². The van der Waals surface area contributed by atoms with E-state index < -0.39 is 0 Å². The van der Waals surface area contributed by atoms with E-state index >= 15 is 0 Å². The molecule has 104 valence electrons. The molecule has 4 heteroatoms. The van der Waals surface area contributed by atoms with Crippen LogP contribution in [0.4, 0.5) is 0 Å². The van der Waals surface area contributed by atoms with E-state index in [0.29, 0.717) is 5.56 Å². The average molecular weight is 269 g/mol. The summed E-state index contributed by atoms with van der Waals surface area (Å²) in [6.45, 7) is 3.81. The molecule has 1 aliphatic carbocycles. The van der Waals surface area contributed by atoms with Crippen LogP contribution in [0.2, 0.25) is 0 Å². The third-order valence-corrected chi connectivity index (χ3v) is 4.17. The molecule has 20 heavy (non-hydrogen) atoms. The first-order chi connectivity index (χ1) is 9.53. The van der Waals surface area contributed by atoms with Crippen molar-refractivity contribution in [2.24, 2.45) is 7.05 Å². The second-order valence-corrected chi connectivity index (χ2v) is 5.57. The predicted molar refractivity (Wildman–Crippen MR) is 77.5 cm³/mol. The lowest BCUT2D eigenvalue weighted by atomic mass is 10.0. The van der Waals surface area contributed by atoms with Crippen LogP contribution in [-0.2, 0) is 12.6 Å². The maximum absolute atomic E-state index is 12.6. The van der Waals surface area contributed by atoms with Gasteiger partial charge in [0, 0.05) is 12.7 Å². The number of amides is 1. The fraction of sp³-hybridized carbons (Fsp3) is 0.375. The summed E-state index contributed by atoms with van der Waals surface area (Å²) in [6, 6.07) is 10.2. The fourth-order valence-electron chi connectivity index (χ4n) is 2.75. The minimum Gasteiger partial charge on any atom is -0.342 e. The van der Waals surface area contributed by atoms with E-state index in [1.165, 1.54) is 5.56 Å². The quantitative estimate of drug-likeness (QED) is 0.930. The molecule has 0 atom stereocenters. The van der Waals surface area contributed by atoms with E-state index in [0.717, 1.165) is 24.2 Å². The van der Waals surface area contributed by atoms with Gasteiger partial charge in [-0.05, 0) is 32.3 Å². The first-order valence-corrected chi connectivity index (χ1v) is 6.92. The number of benzene rings is 1. The van der Waals surface area contributed by atoms with Gasteiger partial charge in [-0.3, -0.25) is 9.48 Å². The van der Waals surface area contributed by atoms with Crippen LogP contribution >= 0.6 is 0 Å². The third-order valence-electron chi connectivity index (χ3n) is 4.17. The van der Waals surface area contributed by atoms with Crippen molar-refractivity contribution in [1.29, 1.82) is 0 Å². The summed E-state index contributed by atoms with van der Waals surface area (Å²) in [6.07, 6.45) is 2.00. The van der Waals surface area contributed by atoms with Gasteiger partial charge < -0.3 is 5.32 Å². The summed E-state index contributed by atoms with van der Waals surface area (Å²) in [7, 11) is 1.86. The Labute approximate surface area is 118 Å². The Bertz CT molecular complexity index is 654. The fourth-order valence-corrected chi connectivity index (χ4v) is 2.75. The van der Waals surface area contributed by atoms with Crippen LogP contribution in [0.5, 0.6) is 0 Å². The van der Waals surface area contributed by atoms with Crippen molar-refractivity contribution in [1.82, 2.24) is 15.1 Å². The number of nitrogens with one attached hydrogen (secondary N) is 1. The molecule has 0 bridgehead atoms. The highest BCUT2D eigenvalue weighted by molar-refractivity contribution is 5.97. The molecule has 1 amide bonds. The van der Waals surface area contributed by atoms with E-state index in [-0.39, 0.29) is 11.4 Å². The Balaban J connectivity index is 1.87. The van der Waals surface area contributed by atoms with Gasteiger partial charge in [-0.1, -0.05) is 30.3 Å². The normalized spacial score (nSPS) is 15.9. The summed E-state index contributed by atoms with van der Waals surface area (Å²) in [5, 5.41) is 7.51. The second-order valence-electron chi connectivity index (χ2n) is 5.57. The summed E-state index contributed by atoms with van der Waals surface area (Å²) in [5.74, 6) is -0.0190. The molecule has 0 radical (unpaired) electrons. The first kappa shape index (κ1) is 12.9. The summed E-state index contributed by atoms with van der Waals surface area (Å²) < 4.78 is 1.76. The van der Waals surface area contributed by atoms with E-state index in [2.05, 4.69) is 22.5 Å². The van der Waals surface area contributed by atoms with E-state index in [1.54, 1.807) is 4.68 Å². The molecule has 1 saturated carbocycles. The number of hydrogen-bond donors (Lipinski definition) is 1. The lowest BCUT2D eigenvalue weighted by Crippen LogP contribution is -2.35. The predicted octanol–water partition coefficient (Wildman–Crippen LogP) is 2.46. The molecule has 1 aliphatic rings. The third kappa shape index (κ3) is 2.01. The van der Waals surface area contributed by atoms with Crippen molar-refractivity contribution >= 4 is 5.91 Å². The van der Waals surface area contributed by atoms with Crippen LogP contribution < -0.4 is 5.32 Å². The van der Waals surface area contributed by atoms with Gasteiger partial charge >= 0.3 is 0 Å². The van der Waals surface area contributed by atoms with E-state index in [9.17, 15) is 4.79 Å². The zero-order valence-corrected chi connectivity index (χ0v) is 12.1. The number of carbonyl (C=O) groups excluding carboxylic acids is 1. The van der Waals surface area contributed by atoms with Gasteiger partial charge in [0.25, 0.3) is 5.91 Å². The summed E-state index contributed by atoms with van der Waals surface area (Å²) >= 11 is 0. The number of aromatic nitrogens is 2. The zero-order chi connectivity index (χ0) is 14.3. The number of aryl methyl sites for hydroxylation is 2. The van der Waals surface area contributed by atoms with Crippen LogP contribution in [0.25, 0.3) is 0 Å². The maximum atomic E-state index is 12.6. The highest BCUT2D eigenvalue weighted by atomic mass is 16.2. The molecule has 3 rings (SSSR count). The van der Waals surface area contributed by atoms with Crippen LogP contribution in [0.15, 0.2) is 30.3 Å². The van der Waals surface area contributed by atoms with Crippen LogP contribution in [0.3, 0.4) is 0 Å². The van der Waals surface area contributed by atoms with E-state index in [1.807, 2.05) is 39.1 Å². The molecule has 1 heterocycles. The molecule has 2 aromatic rings. The smallest absolute Gasteiger partial charge is 0.255 e.